The van der Waals surface area contributed by atoms with Crippen LogP contribution in [0.5, 0.6) is 0 Å². The van der Waals surface area contributed by atoms with Crippen LogP contribution in [0, 0.1) is 0 Å². The highest BCUT2D eigenvalue weighted by atomic mass is 16.5. The fraction of sp³-hybridized carbons (Fsp3) is 0.647. The Labute approximate surface area is 143 Å². The van der Waals surface area contributed by atoms with Crippen molar-refractivity contribution in [1.82, 2.24) is 20.5 Å². The molecule has 2 aliphatic rings. The first-order valence-corrected chi connectivity index (χ1v) is 8.72. The van der Waals surface area contributed by atoms with Crippen LogP contribution in [0.25, 0.3) is 0 Å². The quantitative estimate of drug-likeness (QED) is 0.835. The zero-order valence-corrected chi connectivity index (χ0v) is 14.3. The molecule has 2 N–H and O–H groups in total. The van der Waals surface area contributed by atoms with Crippen molar-refractivity contribution in [3.63, 3.8) is 0 Å². The SMILES string of the molecule is CN1CCN(c2cc(CNC(=O)NC[C@@H]3CCCO3)ccn2)CC1. The molecule has 2 amide bonds. The van der Waals surface area contributed by atoms with Gasteiger partial charge in [0, 0.05) is 52.1 Å². The molecule has 2 fully saturated rings. The average Bonchev–Trinajstić information content (AvgIpc) is 3.13. The van der Waals surface area contributed by atoms with Gasteiger partial charge in [0.15, 0.2) is 0 Å². The number of ether oxygens (including phenoxy) is 1. The third kappa shape index (κ3) is 4.82. The lowest BCUT2D eigenvalue weighted by Crippen LogP contribution is -2.44. The molecule has 0 saturated carbocycles. The smallest absolute Gasteiger partial charge is 0.315 e. The predicted molar refractivity (Wildman–Crippen MR) is 93.2 cm³/mol. The summed E-state index contributed by atoms with van der Waals surface area (Å²) in [5.41, 5.74) is 1.06. The van der Waals surface area contributed by atoms with E-state index in [9.17, 15) is 4.79 Å². The van der Waals surface area contributed by atoms with Gasteiger partial charge in [0.25, 0.3) is 0 Å². The number of nitrogens with one attached hydrogen (secondary N) is 2. The zero-order chi connectivity index (χ0) is 16.8. The Kier molecular flexibility index (Phi) is 5.87. The van der Waals surface area contributed by atoms with E-state index in [0.717, 1.165) is 57.0 Å². The number of hydrogen-bond acceptors (Lipinski definition) is 5. The van der Waals surface area contributed by atoms with Crippen LogP contribution in [0.2, 0.25) is 0 Å². The Bertz CT molecular complexity index is 540. The molecule has 0 aliphatic carbocycles. The molecule has 1 aromatic heterocycles. The predicted octanol–water partition coefficient (Wildman–Crippen LogP) is 0.812. The third-order valence-corrected chi connectivity index (χ3v) is 4.60. The van der Waals surface area contributed by atoms with Crippen LogP contribution < -0.4 is 15.5 Å². The minimum absolute atomic E-state index is 0.150. The molecule has 0 spiro atoms. The molecule has 0 bridgehead atoms. The van der Waals surface area contributed by atoms with Gasteiger partial charge in [0.1, 0.15) is 5.82 Å². The van der Waals surface area contributed by atoms with Gasteiger partial charge in [-0.15, -0.1) is 0 Å². The molecule has 132 valence electrons. The largest absolute Gasteiger partial charge is 0.376 e. The fourth-order valence-corrected chi connectivity index (χ4v) is 3.04. The van der Waals surface area contributed by atoms with Gasteiger partial charge < -0.3 is 25.2 Å². The van der Waals surface area contributed by atoms with E-state index < -0.39 is 0 Å². The number of hydrogen-bond donors (Lipinski definition) is 2. The minimum atomic E-state index is -0.150. The molecule has 0 aromatic carbocycles. The third-order valence-electron chi connectivity index (χ3n) is 4.60. The summed E-state index contributed by atoms with van der Waals surface area (Å²) in [7, 11) is 2.14. The number of likely N-dealkylation sites (N-methyl/N-ethyl adjacent to an activating group) is 1. The van der Waals surface area contributed by atoms with Crippen LogP contribution >= 0.6 is 0 Å². The van der Waals surface area contributed by atoms with Gasteiger partial charge in [-0.05, 0) is 37.6 Å². The van der Waals surface area contributed by atoms with Crippen molar-refractivity contribution in [1.29, 1.82) is 0 Å². The van der Waals surface area contributed by atoms with E-state index in [1.807, 2.05) is 12.3 Å². The van der Waals surface area contributed by atoms with Crippen LogP contribution in [0.4, 0.5) is 10.6 Å². The summed E-state index contributed by atoms with van der Waals surface area (Å²) in [5, 5.41) is 5.77. The van der Waals surface area contributed by atoms with Crippen molar-refractivity contribution in [3.8, 4) is 0 Å². The molecule has 2 saturated heterocycles. The van der Waals surface area contributed by atoms with Crippen molar-refractivity contribution in [2.75, 3.05) is 51.3 Å². The molecule has 3 rings (SSSR count). The second-order valence-corrected chi connectivity index (χ2v) is 6.51. The lowest BCUT2D eigenvalue weighted by Gasteiger charge is -2.33. The highest BCUT2D eigenvalue weighted by Crippen LogP contribution is 2.14. The molecule has 7 nitrogen and oxygen atoms in total. The van der Waals surface area contributed by atoms with E-state index in [4.69, 9.17) is 4.74 Å². The van der Waals surface area contributed by atoms with Gasteiger partial charge in [-0.3, -0.25) is 0 Å². The van der Waals surface area contributed by atoms with E-state index in [1.165, 1.54) is 0 Å². The van der Waals surface area contributed by atoms with E-state index in [0.29, 0.717) is 13.1 Å². The van der Waals surface area contributed by atoms with Gasteiger partial charge in [-0.1, -0.05) is 0 Å². The minimum Gasteiger partial charge on any atom is -0.376 e. The Morgan fingerprint density at radius 2 is 2.17 bits per heavy atom. The summed E-state index contributed by atoms with van der Waals surface area (Å²) in [5.74, 6) is 0.988. The van der Waals surface area contributed by atoms with Crippen LogP contribution in [0.15, 0.2) is 18.3 Å². The van der Waals surface area contributed by atoms with Crippen LogP contribution in [0.3, 0.4) is 0 Å². The van der Waals surface area contributed by atoms with Gasteiger partial charge in [-0.2, -0.15) is 0 Å². The van der Waals surface area contributed by atoms with Crippen molar-refractivity contribution in [2.45, 2.75) is 25.5 Å². The lowest BCUT2D eigenvalue weighted by atomic mass is 10.2. The van der Waals surface area contributed by atoms with Gasteiger partial charge in [0.05, 0.1) is 6.10 Å². The molecular weight excluding hydrogens is 306 g/mol. The van der Waals surface area contributed by atoms with Crippen molar-refractivity contribution in [2.24, 2.45) is 0 Å². The molecular formula is C17H27N5O2. The first-order chi connectivity index (χ1) is 11.7. The van der Waals surface area contributed by atoms with Crippen LogP contribution in [0.1, 0.15) is 18.4 Å². The number of piperazine rings is 1. The summed E-state index contributed by atoms with van der Waals surface area (Å²) in [4.78, 5) is 21.0. The highest BCUT2D eigenvalue weighted by molar-refractivity contribution is 5.73. The molecule has 1 atom stereocenters. The Morgan fingerprint density at radius 1 is 1.33 bits per heavy atom. The normalized spacial score (nSPS) is 21.7. The summed E-state index contributed by atoms with van der Waals surface area (Å²) in [6, 6.07) is 3.86. The van der Waals surface area contributed by atoms with E-state index in [-0.39, 0.29) is 12.1 Å². The van der Waals surface area contributed by atoms with Gasteiger partial charge in [-0.25, -0.2) is 9.78 Å². The molecule has 24 heavy (non-hydrogen) atoms. The molecule has 7 heteroatoms. The first-order valence-electron chi connectivity index (χ1n) is 8.72. The second kappa shape index (κ2) is 8.30. The molecule has 0 unspecified atom stereocenters. The number of urea groups is 1. The number of rotatable bonds is 5. The van der Waals surface area contributed by atoms with Gasteiger partial charge in [0.2, 0.25) is 0 Å². The van der Waals surface area contributed by atoms with Crippen LogP contribution in [-0.4, -0.2) is 68.4 Å². The molecule has 2 aliphatic heterocycles. The maximum atomic E-state index is 11.9. The van der Waals surface area contributed by atoms with Gasteiger partial charge >= 0.3 is 6.03 Å². The number of nitrogens with zero attached hydrogens (tertiary/aromatic N) is 3. The van der Waals surface area contributed by atoms with E-state index in [1.54, 1.807) is 0 Å². The van der Waals surface area contributed by atoms with E-state index in [2.05, 4.69) is 38.5 Å². The Balaban J connectivity index is 1.44. The molecule has 0 radical (unpaired) electrons. The van der Waals surface area contributed by atoms with Crippen molar-refractivity contribution >= 4 is 11.8 Å². The first kappa shape index (κ1) is 17.0. The van der Waals surface area contributed by atoms with Crippen molar-refractivity contribution < 1.29 is 9.53 Å². The zero-order valence-electron chi connectivity index (χ0n) is 14.3. The summed E-state index contributed by atoms with van der Waals surface area (Å²) >= 11 is 0. The number of carbonyl (C=O) groups excluding carboxylic acids is 1. The maximum absolute atomic E-state index is 11.9. The average molecular weight is 333 g/mol. The van der Waals surface area contributed by atoms with Crippen LogP contribution in [-0.2, 0) is 11.3 Å². The maximum Gasteiger partial charge on any atom is 0.315 e. The summed E-state index contributed by atoms with van der Waals surface area (Å²) in [6.07, 6.45) is 4.09. The Hall–Kier alpha value is -1.86. The number of aromatic nitrogens is 1. The standard InChI is InChI=1S/C17H27N5O2/c1-21-6-8-22(9-7-21)16-11-14(4-5-18-16)12-19-17(23)20-13-15-3-2-10-24-15/h4-5,11,15H,2-3,6-10,12-13H2,1H3,(H2,19,20,23)/t15-/m0/s1. The fourth-order valence-electron chi connectivity index (χ4n) is 3.04. The molecule has 3 heterocycles. The number of pyridine rings is 1. The Morgan fingerprint density at radius 3 is 2.92 bits per heavy atom. The topological polar surface area (TPSA) is 69.7 Å². The summed E-state index contributed by atoms with van der Waals surface area (Å²) in [6.45, 7) is 5.96. The van der Waals surface area contributed by atoms with Crippen molar-refractivity contribution in [3.05, 3.63) is 23.9 Å². The number of carbonyl (C=O) groups is 1. The lowest BCUT2D eigenvalue weighted by molar-refractivity contribution is 0.111. The second-order valence-electron chi connectivity index (χ2n) is 6.51. The molecule has 1 aromatic rings. The number of amides is 2. The van der Waals surface area contributed by atoms with E-state index >= 15 is 0 Å². The number of anilines is 1. The highest BCUT2D eigenvalue weighted by Gasteiger charge is 2.17. The monoisotopic (exact) mass is 333 g/mol. The summed E-state index contributed by atoms with van der Waals surface area (Å²) < 4.78 is 5.50.